The SMILES string of the molecule is CCOC(=O)c1cccnc1SN(C(=O)c1cc2ccccc2[nH]1)[C@H](C)C(=O)N1CCC(C(c2ccccc2)c2ccccc2)CC1. The normalized spacial score (nSPS) is 14.2. The largest absolute Gasteiger partial charge is 0.462 e. The fraction of sp³-hybridized carbons (Fsp3) is 0.263. The number of fused-ring (bicyclic) bond motifs is 1. The van der Waals surface area contributed by atoms with E-state index in [-0.39, 0.29) is 29.9 Å². The Morgan fingerprint density at radius 2 is 1.55 bits per heavy atom. The van der Waals surface area contributed by atoms with Crippen LogP contribution in [0.4, 0.5) is 0 Å². The molecule has 0 aliphatic carbocycles. The van der Waals surface area contributed by atoms with Crippen molar-refractivity contribution >= 4 is 40.6 Å². The maximum absolute atomic E-state index is 14.2. The van der Waals surface area contributed by atoms with Crippen molar-refractivity contribution in [3.8, 4) is 0 Å². The summed E-state index contributed by atoms with van der Waals surface area (Å²) in [5.41, 5.74) is 3.95. The van der Waals surface area contributed by atoms with E-state index in [1.165, 1.54) is 15.4 Å². The molecule has 3 aromatic carbocycles. The molecule has 240 valence electrons. The number of nitrogens with zero attached hydrogens (tertiary/aromatic N) is 3. The van der Waals surface area contributed by atoms with Crippen LogP contribution in [0.3, 0.4) is 0 Å². The molecule has 1 atom stereocenters. The molecule has 0 radical (unpaired) electrons. The molecule has 6 rings (SSSR count). The van der Waals surface area contributed by atoms with Crippen LogP contribution in [0.2, 0.25) is 0 Å². The van der Waals surface area contributed by atoms with Gasteiger partial charge in [0.2, 0.25) is 5.91 Å². The second-order valence-electron chi connectivity index (χ2n) is 11.7. The number of nitrogens with one attached hydrogen (secondary N) is 1. The molecule has 0 saturated carbocycles. The Morgan fingerprint density at radius 1 is 0.915 bits per heavy atom. The van der Waals surface area contributed by atoms with Gasteiger partial charge in [0.1, 0.15) is 16.8 Å². The Kier molecular flexibility index (Phi) is 10.0. The predicted molar refractivity (Wildman–Crippen MR) is 184 cm³/mol. The number of carbonyl (C=O) groups excluding carboxylic acids is 3. The number of likely N-dealkylation sites (tertiary alicyclic amines) is 1. The monoisotopic (exact) mass is 646 g/mol. The van der Waals surface area contributed by atoms with Crippen molar-refractivity contribution in [3.05, 3.63) is 132 Å². The van der Waals surface area contributed by atoms with Crippen molar-refractivity contribution in [1.82, 2.24) is 19.2 Å². The number of ether oxygens (including phenoxy) is 1. The lowest BCUT2D eigenvalue weighted by molar-refractivity contribution is -0.135. The Balaban J connectivity index is 1.24. The number of amides is 2. The summed E-state index contributed by atoms with van der Waals surface area (Å²) in [6.45, 7) is 4.85. The zero-order chi connectivity index (χ0) is 32.8. The van der Waals surface area contributed by atoms with Gasteiger partial charge in [-0.2, -0.15) is 0 Å². The highest BCUT2D eigenvalue weighted by atomic mass is 32.2. The number of piperidine rings is 1. The fourth-order valence-electron chi connectivity index (χ4n) is 6.40. The number of rotatable bonds is 10. The quantitative estimate of drug-likeness (QED) is 0.126. The Hall–Kier alpha value is -4.89. The van der Waals surface area contributed by atoms with E-state index in [0.29, 0.717) is 29.7 Å². The van der Waals surface area contributed by atoms with Gasteiger partial charge in [0.15, 0.2) is 0 Å². The van der Waals surface area contributed by atoms with Crippen LogP contribution in [0, 0.1) is 5.92 Å². The van der Waals surface area contributed by atoms with E-state index >= 15 is 0 Å². The first kappa shape index (κ1) is 32.1. The summed E-state index contributed by atoms with van der Waals surface area (Å²) in [6, 6.07) is 33.0. The van der Waals surface area contributed by atoms with Gasteiger partial charge in [0.05, 0.1) is 12.2 Å². The van der Waals surface area contributed by atoms with Crippen LogP contribution in [0.1, 0.15) is 64.6 Å². The Morgan fingerprint density at radius 3 is 2.19 bits per heavy atom. The minimum absolute atomic E-state index is 0.148. The number of esters is 1. The number of aromatic amines is 1. The molecule has 0 spiro atoms. The highest BCUT2D eigenvalue weighted by Gasteiger charge is 2.36. The highest BCUT2D eigenvalue weighted by Crippen LogP contribution is 2.38. The molecule has 2 aromatic heterocycles. The molecule has 0 bridgehead atoms. The second kappa shape index (κ2) is 14.7. The van der Waals surface area contributed by atoms with E-state index in [1.54, 1.807) is 38.2 Å². The van der Waals surface area contributed by atoms with Gasteiger partial charge in [0, 0.05) is 48.1 Å². The van der Waals surface area contributed by atoms with Crippen LogP contribution in [-0.2, 0) is 9.53 Å². The zero-order valence-electron chi connectivity index (χ0n) is 26.5. The van der Waals surface area contributed by atoms with Crippen LogP contribution in [-0.4, -0.2) is 62.7 Å². The number of H-pyrrole nitrogens is 1. The van der Waals surface area contributed by atoms with Crippen molar-refractivity contribution in [1.29, 1.82) is 0 Å². The Bertz CT molecular complexity index is 1760. The first-order chi connectivity index (χ1) is 22.9. The molecular weight excluding hydrogens is 609 g/mol. The summed E-state index contributed by atoms with van der Waals surface area (Å²) in [5, 5.41) is 1.18. The summed E-state index contributed by atoms with van der Waals surface area (Å²) in [6.07, 6.45) is 3.23. The fourth-order valence-corrected chi connectivity index (χ4v) is 7.37. The number of para-hydroxylation sites is 1. The molecule has 0 unspecified atom stereocenters. The van der Waals surface area contributed by atoms with E-state index in [9.17, 15) is 14.4 Å². The average molecular weight is 647 g/mol. The summed E-state index contributed by atoms with van der Waals surface area (Å²) >= 11 is 0.987. The zero-order valence-corrected chi connectivity index (χ0v) is 27.4. The third kappa shape index (κ3) is 7.10. The number of carbonyl (C=O) groups is 3. The van der Waals surface area contributed by atoms with Crippen molar-refractivity contribution in [3.63, 3.8) is 0 Å². The predicted octanol–water partition coefficient (Wildman–Crippen LogP) is 7.35. The van der Waals surface area contributed by atoms with E-state index in [2.05, 4.69) is 58.5 Å². The number of hydrogen-bond donors (Lipinski definition) is 1. The smallest absolute Gasteiger partial charge is 0.340 e. The third-order valence-corrected chi connectivity index (χ3v) is 9.94. The number of aromatic nitrogens is 2. The summed E-state index contributed by atoms with van der Waals surface area (Å²) in [4.78, 5) is 50.6. The van der Waals surface area contributed by atoms with Gasteiger partial charge in [-0.1, -0.05) is 78.9 Å². The van der Waals surface area contributed by atoms with Crippen molar-refractivity contribution in [2.45, 2.75) is 43.7 Å². The van der Waals surface area contributed by atoms with Crippen molar-refractivity contribution in [2.75, 3.05) is 19.7 Å². The molecule has 1 N–H and O–H groups in total. The number of pyridine rings is 1. The topological polar surface area (TPSA) is 95.6 Å². The molecule has 47 heavy (non-hydrogen) atoms. The lowest BCUT2D eigenvalue weighted by Gasteiger charge is -2.39. The molecule has 1 aliphatic rings. The molecule has 2 amide bonds. The van der Waals surface area contributed by atoms with Crippen LogP contribution < -0.4 is 0 Å². The molecule has 8 nitrogen and oxygen atoms in total. The van der Waals surface area contributed by atoms with Gasteiger partial charge in [0.25, 0.3) is 5.91 Å². The molecule has 1 fully saturated rings. The van der Waals surface area contributed by atoms with Gasteiger partial charge in [-0.25, -0.2) is 9.78 Å². The van der Waals surface area contributed by atoms with Gasteiger partial charge in [-0.05, 0) is 68.0 Å². The lowest BCUT2D eigenvalue weighted by atomic mass is 9.76. The Labute approximate surface area is 279 Å². The number of benzene rings is 3. The summed E-state index contributed by atoms with van der Waals surface area (Å²) in [5.74, 6) is -0.472. The van der Waals surface area contributed by atoms with Crippen LogP contribution in [0.15, 0.2) is 114 Å². The molecule has 9 heteroatoms. The van der Waals surface area contributed by atoms with Gasteiger partial charge in [-0.3, -0.25) is 13.9 Å². The molecule has 3 heterocycles. The average Bonchev–Trinajstić information content (AvgIpc) is 3.56. The summed E-state index contributed by atoms with van der Waals surface area (Å²) in [7, 11) is 0. The molecule has 1 saturated heterocycles. The van der Waals surface area contributed by atoms with E-state index in [1.807, 2.05) is 41.3 Å². The van der Waals surface area contributed by atoms with E-state index < -0.39 is 12.0 Å². The first-order valence-corrected chi connectivity index (χ1v) is 16.8. The van der Waals surface area contributed by atoms with Crippen LogP contribution in [0.25, 0.3) is 10.9 Å². The van der Waals surface area contributed by atoms with E-state index in [0.717, 1.165) is 35.7 Å². The molecular formula is C38H38N4O4S. The minimum Gasteiger partial charge on any atom is -0.462 e. The molecule has 5 aromatic rings. The standard InChI is InChI=1S/C38H38N4O4S/c1-3-46-38(45)31-18-12-22-39-35(31)47-42(37(44)33-25-30-17-10-11-19-32(30)40-33)26(2)36(43)41-23-20-29(21-24-41)34(27-13-6-4-7-14-27)28-15-8-5-9-16-28/h4-19,22,25-26,29,34,40H,3,20-21,23-24H2,1-2H3/t26-/m1/s1. The summed E-state index contributed by atoms with van der Waals surface area (Å²) < 4.78 is 6.69. The second-order valence-corrected chi connectivity index (χ2v) is 12.7. The van der Waals surface area contributed by atoms with E-state index in [4.69, 9.17) is 4.74 Å². The van der Waals surface area contributed by atoms with Gasteiger partial charge < -0.3 is 14.6 Å². The molecule has 1 aliphatic heterocycles. The third-order valence-electron chi connectivity index (χ3n) is 8.76. The van der Waals surface area contributed by atoms with Crippen LogP contribution >= 0.6 is 11.9 Å². The van der Waals surface area contributed by atoms with Crippen molar-refractivity contribution < 1.29 is 19.1 Å². The number of hydrogen-bond acceptors (Lipinski definition) is 6. The lowest BCUT2D eigenvalue weighted by Crippen LogP contribution is -2.49. The van der Waals surface area contributed by atoms with Crippen LogP contribution in [0.5, 0.6) is 0 Å². The first-order valence-electron chi connectivity index (χ1n) is 16.0. The maximum Gasteiger partial charge on any atom is 0.340 e. The van der Waals surface area contributed by atoms with Crippen molar-refractivity contribution in [2.24, 2.45) is 5.92 Å². The van der Waals surface area contributed by atoms with Gasteiger partial charge in [-0.15, -0.1) is 0 Å². The minimum atomic E-state index is -0.841. The maximum atomic E-state index is 14.2. The highest BCUT2D eigenvalue weighted by molar-refractivity contribution is 7.97. The van der Waals surface area contributed by atoms with Gasteiger partial charge >= 0.3 is 5.97 Å².